The summed E-state index contributed by atoms with van der Waals surface area (Å²) in [7, 11) is 0. The lowest BCUT2D eigenvalue weighted by Gasteiger charge is -2.25. The molecule has 0 saturated heterocycles. The maximum absolute atomic E-state index is 11.7. The van der Waals surface area contributed by atoms with E-state index in [9.17, 15) is 22.8 Å². The lowest BCUT2D eigenvalue weighted by Crippen LogP contribution is -2.43. The fourth-order valence-electron chi connectivity index (χ4n) is 1.41. The van der Waals surface area contributed by atoms with Gasteiger partial charge in [-0.3, -0.25) is 9.59 Å². The van der Waals surface area contributed by atoms with Crippen molar-refractivity contribution in [2.75, 3.05) is 19.8 Å². The van der Waals surface area contributed by atoms with Crippen LogP contribution in [-0.2, 0) is 14.3 Å². The molecule has 112 valence electrons. The van der Waals surface area contributed by atoms with E-state index in [-0.39, 0.29) is 13.2 Å². The smallest absolute Gasteiger partial charge is 0.411 e. The first-order chi connectivity index (χ1) is 8.45. The SMILES string of the molecule is CC(C)(C)C(C(=O)O)C(=O)NCCOCC(F)(F)F. The van der Waals surface area contributed by atoms with Crippen LogP contribution in [0.2, 0.25) is 0 Å². The van der Waals surface area contributed by atoms with Crippen LogP contribution in [0, 0.1) is 11.3 Å². The minimum Gasteiger partial charge on any atom is -0.481 e. The van der Waals surface area contributed by atoms with Gasteiger partial charge < -0.3 is 15.2 Å². The van der Waals surface area contributed by atoms with Gasteiger partial charge in [-0.1, -0.05) is 20.8 Å². The van der Waals surface area contributed by atoms with Crippen LogP contribution in [0.1, 0.15) is 20.8 Å². The number of carboxylic acid groups (broad SMARTS) is 1. The van der Waals surface area contributed by atoms with Crippen LogP contribution in [-0.4, -0.2) is 42.9 Å². The van der Waals surface area contributed by atoms with Crippen molar-refractivity contribution in [3.05, 3.63) is 0 Å². The normalized spacial score (nSPS) is 14.0. The molecule has 0 aromatic rings. The highest BCUT2D eigenvalue weighted by molar-refractivity contribution is 5.97. The molecule has 0 saturated carbocycles. The van der Waals surface area contributed by atoms with Gasteiger partial charge in [0.25, 0.3) is 0 Å². The molecule has 0 aromatic heterocycles. The topological polar surface area (TPSA) is 75.6 Å². The summed E-state index contributed by atoms with van der Waals surface area (Å²) in [6, 6.07) is 0. The van der Waals surface area contributed by atoms with Crippen molar-refractivity contribution in [1.82, 2.24) is 5.32 Å². The van der Waals surface area contributed by atoms with Gasteiger partial charge in [0.1, 0.15) is 12.5 Å². The van der Waals surface area contributed by atoms with Crippen LogP contribution < -0.4 is 5.32 Å². The number of alkyl halides is 3. The zero-order chi connectivity index (χ0) is 15.3. The zero-order valence-electron chi connectivity index (χ0n) is 11.0. The number of hydrogen-bond donors (Lipinski definition) is 2. The number of carbonyl (C=O) groups excluding carboxylic acids is 1. The summed E-state index contributed by atoms with van der Waals surface area (Å²) >= 11 is 0. The summed E-state index contributed by atoms with van der Waals surface area (Å²) in [6.45, 7) is 2.86. The number of rotatable bonds is 6. The highest BCUT2D eigenvalue weighted by atomic mass is 19.4. The molecule has 0 aliphatic carbocycles. The second kappa shape index (κ2) is 6.74. The van der Waals surface area contributed by atoms with E-state index in [0.717, 1.165) is 0 Å². The van der Waals surface area contributed by atoms with E-state index in [4.69, 9.17) is 5.11 Å². The molecule has 0 fully saturated rings. The first kappa shape index (κ1) is 17.7. The average Bonchev–Trinajstić information content (AvgIpc) is 2.11. The van der Waals surface area contributed by atoms with Crippen LogP contribution >= 0.6 is 0 Å². The first-order valence-electron chi connectivity index (χ1n) is 5.60. The molecule has 0 rings (SSSR count). The number of ether oxygens (including phenoxy) is 1. The molecule has 19 heavy (non-hydrogen) atoms. The molecular formula is C11H18F3NO4. The fourth-order valence-corrected chi connectivity index (χ4v) is 1.41. The Bertz CT molecular complexity index is 323. The lowest BCUT2D eigenvalue weighted by atomic mass is 9.80. The molecule has 1 atom stereocenters. The third-order valence-electron chi connectivity index (χ3n) is 2.19. The molecule has 8 heteroatoms. The number of amides is 1. The van der Waals surface area contributed by atoms with Gasteiger partial charge in [0.2, 0.25) is 5.91 Å². The Morgan fingerprint density at radius 2 is 1.79 bits per heavy atom. The fraction of sp³-hybridized carbons (Fsp3) is 0.818. The van der Waals surface area contributed by atoms with Crippen molar-refractivity contribution < 1.29 is 32.6 Å². The monoisotopic (exact) mass is 285 g/mol. The Labute approximate surface area is 109 Å². The summed E-state index contributed by atoms with van der Waals surface area (Å²) in [4.78, 5) is 22.6. The minimum atomic E-state index is -4.42. The third kappa shape index (κ3) is 7.66. The van der Waals surface area contributed by atoms with Crippen molar-refractivity contribution in [2.45, 2.75) is 26.9 Å². The summed E-state index contributed by atoms with van der Waals surface area (Å²) in [5, 5.41) is 11.2. The van der Waals surface area contributed by atoms with Crippen LogP contribution in [0.15, 0.2) is 0 Å². The molecule has 0 radical (unpaired) electrons. The van der Waals surface area contributed by atoms with Gasteiger partial charge in [0.05, 0.1) is 6.61 Å². The van der Waals surface area contributed by atoms with Crippen molar-refractivity contribution >= 4 is 11.9 Å². The predicted molar refractivity (Wildman–Crippen MR) is 60.5 cm³/mol. The average molecular weight is 285 g/mol. The van der Waals surface area contributed by atoms with Gasteiger partial charge in [0, 0.05) is 6.54 Å². The third-order valence-corrected chi connectivity index (χ3v) is 2.19. The van der Waals surface area contributed by atoms with E-state index in [1.807, 2.05) is 0 Å². The number of aliphatic carboxylic acids is 1. The minimum absolute atomic E-state index is 0.172. The van der Waals surface area contributed by atoms with Crippen LogP contribution in [0.4, 0.5) is 13.2 Å². The van der Waals surface area contributed by atoms with E-state index in [0.29, 0.717) is 0 Å². The quantitative estimate of drug-likeness (QED) is 0.572. The Morgan fingerprint density at radius 3 is 2.16 bits per heavy atom. The van der Waals surface area contributed by atoms with Gasteiger partial charge in [-0.25, -0.2) is 0 Å². The van der Waals surface area contributed by atoms with E-state index >= 15 is 0 Å². The standard InChI is InChI=1S/C11H18F3NO4/c1-10(2,3)7(9(17)18)8(16)15-4-5-19-6-11(12,13)14/h7H,4-6H2,1-3H3,(H,15,16)(H,17,18). The molecule has 0 bridgehead atoms. The number of carbonyl (C=O) groups is 2. The summed E-state index contributed by atoms with van der Waals surface area (Å²) in [6.07, 6.45) is -4.42. The van der Waals surface area contributed by atoms with E-state index in [2.05, 4.69) is 10.1 Å². The maximum atomic E-state index is 11.7. The van der Waals surface area contributed by atoms with Crippen molar-refractivity contribution in [3.63, 3.8) is 0 Å². The van der Waals surface area contributed by atoms with E-state index in [1.165, 1.54) is 0 Å². The molecule has 1 amide bonds. The number of nitrogens with one attached hydrogen (secondary N) is 1. The van der Waals surface area contributed by atoms with Crippen LogP contribution in [0.5, 0.6) is 0 Å². The summed E-state index contributed by atoms with van der Waals surface area (Å²) < 4.78 is 39.5. The Morgan fingerprint density at radius 1 is 1.26 bits per heavy atom. The largest absolute Gasteiger partial charge is 0.481 e. The van der Waals surface area contributed by atoms with Gasteiger partial charge >= 0.3 is 12.1 Å². The predicted octanol–water partition coefficient (Wildman–Crippen LogP) is 1.43. The number of hydrogen-bond acceptors (Lipinski definition) is 3. The lowest BCUT2D eigenvalue weighted by molar-refractivity contribution is -0.173. The van der Waals surface area contributed by atoms with E-state index < -0.39 is 36.0 Å². The number of halogens is 3. The summed E-state index contributed by atoms with van der Waals surface area (Å²) in [5.74, 6) is -3.29. The zero-order valence-corrected chi connectivity index (χ0v) is 11.0. The van der Waals surface area contributed by atoms with Crippen molar-refractivity contribution in [3.8, 4) is 0 Å². The van der Waals surface area contributed by atoms with Crippen molar-refractivity contribution in [2.24, 2.45) is 11.3 Å². The van der Waals surface area contributed by atoms with E-state index in [1.54, 1.807) is 20.8 Å². The molecule has 5 nitrogen and oxygen atoms in total. The first-order valence-corrected chi connectivity index (χ1v) is 5.60. The molecule has 2 N–H and O–H groups in total. The molecule has 0 spiro atoms. The molecule has 0 aromatic carbocycles. The van der Waals surface area contributed by atoms with Gasteiger partial charge in [-0.2, -0.15) is 13.2 Å². The van der Waals surface area contributed by atoms with Gasteiger partial charge in [-0.05, 0) is 5.41 Å². The highest BCUT2D eigenvalue weighted by Gasteiger charge is 2.37. The molecule has 0 aliphatic heterocycles. The molecular weight excluding hydrogens is 267 g/mol. The van der Waals surface area contributed by atoms with Gasteiger partial charge in [-0.15, -0.1) is 0 Å². The highest BCUT2D eigenvalue weighted by Crippen LogP contribution is 2.26. The maximum Gasteiger partial charge on any atom is 0.411 e. The van der Waals surface area contributed by atoms with Crippen molar-refractivity contribution in [1.29, 1.82) is 0 Å². The number of carboxylic acids is 1. The molecule has 1 unspecified atom stereocenters. The molecule has 0 heterocycles. The summed E-state index contributed by atoms with van der Waals surface area (Å²) in [5.41, 5.74) is -0.789. The Kier molecular flexibility index (Phi) is 6.28. The van der Waals surface area contributed by atoms with Gasteiger partial charge in [0.15, 0.2) is 0 Å². The second-order valence-electron chi connectivity index (χ2n) is 5.10. The Hall–Kier alpha value is -1.31. The van der Waals surface area contributed by atoms with Crippen LogP contribution in [0.25, 0.3) is 0 Å². The molecule has 0 aliphatic rings. The van der Waals surface area contributed by atoms with Crippen LogP contribution in [0.3, 0.4) is 0 Å². The second-order valence-corrected chi connectivity index (χ2v) is 5.10. The Balaban J connectivity index is 4.13.